The predicted molar refractivity (Wildman–Crippen MR) is 31.9 cm³/mol. The Balaban J connectivity index is 2.77. The molecule has 0 spiro atoms. The van der Waals surface area contributed by atoms with Crippen LogP contribution in [0.5, 0.6) is 0 Å². The first-order chi connectivity index (χ1) is 4.62. The zero-order chi connectivity index (χ0) is 7.35. The first kappa shape index (κ1) is 5.85. The average molecular weight is 158 g/mol. The molecule has 0 saturated carbocycles. The minimum Gasteiger partial charge on any atom is -0.218 e. The molecule has 2 nitrogen and oxygen atoms in total. The van der Waals surface area contributed by atoms with Crippen molar-refractivity contribution in [2.45, 2.75) is 9.79 Å². The molecule has 1 aromatic rings. The van der Waals surface area contributed by atoms with Gasteiger partial charge in [-0.05, 0) is 18.2 Å². The summed E-state index contributed by atoms with van der Waals surface area (Å²) in [5.74, 6) is -0.500. The van der Waals surface area contributed by atoms with Crippen LogP contribution in [0.15, 0.2) is 28.0 Å². The Morgan fingerprint density at radius 2 is 1.90 bits per heavy atom. The highest BCUT2D eigenvalue weighted by molar-refractivity contribution is 7.97. The smallest absolute Gasteiger partial charge is 0.209 e. The van der Waals surface area contributed by atoms with E-state index in [0.29, 0.717) is 0 Å². The van der Waals surface area contributed by atoms with E-state index < -0.39 is 15.7 Å². The van der Waals surface area contributed by atoms with Crippen molar-refractivity contribution in [3.63, 3.8) is 0 Å². The van der Waals surface area contributed by atoms with E-state index in [0.717, 1.165) is 12.1 Å². The van der Waals surface area contributed by atoms with Crippen molar-refractivity contribution in [2.75, 3.05) is 0 Å². The van der Waals surface area contributed by atoms with Crippen molar-refractivity contribution >= 4 is 9.84 Å². The summed E-state index contributed by atoms with van der Waals surface area (Å²) in [5.41, 5.74) is 0. The number of hydrogen-bond acceptors (Lipinski definition) is 2. The fraction of sp³-hybridized carbons (Fsp3) is 0. The van der Waals surface area contributed by atoms with Crippen LogP contribution >= 0.6 is 0 Å². The molecule has 1 aromatic carbocycles. The Morgan fingerprint density at radius 3 is 2.40 bits per heavy atom. The summed E-state index contributed by atoms with van der Waals surface area (Å²) >= 11 is 0. The van der Waals surface area contributed by atoms with Crippen LogP contribution in [0.3, 0.4) is 0 Å². The van der Waals surface area contributed by atoms with Crippen molar-refractivity contribution in [1.82, 2.24) is 0 Å². The van der Waals surface area contributed by atoms with E-state index in [-0.39, 0.29) is 9.79 Å². The van der Waals surface area contributed by atoms with Gasteiger partial charge in [-0.3, -0.25) is 0 Å². The third-order valence-corrected chi connectivity index (χ3v) is 3.09. The van der Waals surface area contributed by atoms with Gasteiger partial charge in [0.25, 0.3) is 0 Å². The monoisotopic (exact) mass is 158 g/mol. The van der Waals surface area contributed by atoms with Gasteiger partial charge in [0.1, 0.15) is 5.82 Å². The van der Waals surface area contributed by atoms with Gasteiger partial charge < -0.3 is 0 Å². The summed E-state index contributed by atoms with van der Waals surface area (Å²) in [7, 11) is -3.14. The maximum Gasteiger partial charge on any atom is 0.209 e. The first-order valence-corrected chi connectivity index (χ1v) is 4.15. The minimum atomic E-state index is -3.14. The summed E-state index contributed by atoms with van der Waals surface area (Å²) in [6.45, 7) is 0. The summed E-state index contributed by atoms with van der Waals surface area (Å²) in [6, 6.07) is 3.45. The standard InChI is InChI=1S/C6H3FO2S/c7-4-1-2-5-6(3-4)10(5,8)9/h1-3H. The van der Waals surface area contributed by atoms with E-state index >= 15 is 0 Å². The largest absolute Gasteiger partial charge is 0.218 e. The van der Waals surface area contributed by atoms with E-state index in [1.807, 2.05) is 0 Å². The second kappa shape index (κ2) is 1.40. The summed E-state index contributed by atoms with van der Waals surface area (Å²) in [5, 5.41) is 0. The summed E-state index contributed by atoms with van der Waals surface area (Å²) in [6.07, 6.45) is 0. The first-order valence-electron chi connectivity index (χ1n) is 2.67. The van der Waals surface area contributed by atoms with Gasteiger partial charge in [0, 0.05) is 0 Å². The highest BCUT2D eigenvalue weighted by Gasteiger charge is 2.38. The van der Waals surface area contributed by atoms with Gasteiger partial charge >= 0.3 is 0 Å². The second-order valence-corrected chi connectivity index (χ2v) is 3.98. The molecule has 0 amide bonds. The van der Waals surface area contributed by atoms with Crippen LogP contribution < -0.4 is 0 Å². The van der Waals surface area contributed by atoms with Crippen molar-refractivity contribution in [3.8, 4) is 0 Å². The lowest BCUT2D eigenvalue weighted by Gasteiger charge is -1.75. The third kappa shape index (κ3) is 0.541. The number of benzene rings is 1. The summed E-state index contributed by atoms with van der Waals surface area (Å²) < 4.78 is 33.7. The molecule has 1 heterocycles. The number of hydrogen-bond donors (Lipinski definition) is 0. The van der Waals surface area contributed by atoms with Gasteiger partial charge in [0.2, 0.25) is 9.84 Å². The van der Waals surface area contributed by atoms with E-state index in [1.54, 1.807) is 0 Å². The Kier molecular flexibility index (Phi) is 0.817. The topological polar surface area (TPSA) is 34.1 Å². The fourth-order valence-electron chi connectivity index (χ4n) is 0.872. The lowest BCUT2D eigenvalue weighted by Crippen LogP contribution is -1.67. The molecule has 0 saturated heterocycles. The molecular weight excluding hydrogens is 155 g/mol. The molecule has 0 aliphatic carbocycles. The Morgan fingerprint density at radius 1 is 1.20 bits per heavy atom. The van der Waals surface area contributed by atoms with Gasteiger partial charge in [0.05, 0.1) is 9.79 Å². The maximum absolute atomic E-state index is 12.3. The van der Waals surface area contributed by atoms with Crippen LogP contribution in [-0.4, -0.2) is 8.42 Å². The zero-order valence-corrected chi connectivity index (χ0v) is 5.65. The highest BCUT2D eigenvalue weighted by atomic mass is 32.2. The SMILES string of the molecule is O=S1(=O)c2ccc(F)cc21. The zero-order valence-electron chi connectivity index (χ0n) is 4.83. The van der Waals surface area contributed by atoms with Gasteiger partial charge in [-0.2, -0.15) is 0 Å². The van der Waals surface area contributed by atoms with Crippen LogP contribution in [-0.2, 0) is 9.84 Å². The lowest BCUT2D eigenvalue weighted by atomic mass is 10.4. The molecule has 1 aliphatic rings. The molecule has 0 atom stereocenters. The fourth-order valence-corrected chi connectivity index (χ4v) is 2.16. The Labute approximate surface area is 57.2 Å². The van der Waals surface area contributed by atoms with Gasteiger partial charge in [-0.1, -0.05) is 0 Å². The van der Waals surface area contributed by atoms with Gasteiger partial charge in [-0.15, -0.1) is 0 Å². The van der Waals surface area contributed by atoms with Crippen LogP contribution in [0.2, 0.25) is 0 Å². The molecule has 4 heteroatoms. The quantitative estimate of drug-likeness (QED) is 0.535. The van der Waals surface area contributed by atoms with Crippen LogP contribution in [0, 0.1) is 5.82 Å². The number of halogens is 1. The molecule has 1 aliphatic heterocycles. The van der Waals surface area contributed by atoms with E-state index in [9.17, 15) is 12.8 Å². The van der Waals surface area contributed by atoms with Gasteiger partial charge in [-0.25, -0.2) is 12.8 Å². The van der Waals surface area contributed by atoms with Crippen molar-refractivity contribution in [3.05, 3.63) is 24.0 Å². The van der Waals surface area contributed by atoms with Crippen LogP contribution in [0.4, 0.5) is 4.39 Å². The number of fused-ring (bicyclic) bond motifs is 1. The molecule has 0 N–H and O–H groups in total. The van der Waals surface area contributed by atoms with E-state index in [2.05, 4.69) is 0 Å². The maximum atomic E-state index is 12.3. The van der Waals surface area contributed by atoms with Crippen molar-refractivity contribution in [1.29, 1.82) is 0 Å². The minimum absolute atomic E-state index is 0.132. The molecule has 0 unspecified atom stereocenters. The molecule has 52 valence electrons. The molecule has 10 heavy (non-hydrogen) atoms. The van der Waals surface area contributed by atoms with Gasteiger partial charge in [0.15, 0.2) is 0 Å². The van der Waals surface area contributed by atoms with Crippen molar-refractivity contribution in [2.24, 2.45) is 0 Å². The highest BCUT2D eigenvalue weighted by Crippen LogP contribution is 2.39. The van der Waals surface area contributed by atoms with Crippen LogP contribution in [0.25, 0.3) is 0 Å². The number of sulfone groups is 1. The molecular formula is C6H3FO2S. The second-order valence-electron chi connectivity index (χ2n) is 2.09. The average Bonchev–Trinajstić information content (AvgIpc) is 2.36. The molecule has 0 fully saturated rings. The molecule has 0 bridgehead atoms. The van der Waals surface area contributed by atoms with E-state index in [4.69, 9.17) is 0 Å². The van der Waals surface area contributed by atoms with Crippen molar-refractivity contribution < 1.29 is 12.8 Å². The Bertz CT molecular complexity index is 394. The van der Waals surface area contributed by atoms with E-state index in [1.165, 1.54) is 6.07 Å². The predicted octanol–water partition coefficient (Wildman–Crippen LogP) is 0.972. The molecule has 2 rings (SSSR count). The normalized spacial score (nSPS) is 18.1. The summed E-state index contributed by atoms with van der Waals surface area (Å²) in [4.78, 5) is 0.390. The molecule has 0 radical (unpaired) electrons. The third-order valence-electron chi connectivity index (χ3n) is 1.44. The lowest BCUT2D eigenvalue weighted by molar-refractivity contribution is 0.610. The number of rotatable bonds is 0. The Hall–Kier alpha value is -0.900. The van der Waals surface area contributed by atoms with Crippen LogP contribution in [0.1, 0.15) is 0 Å². The molecule has 0 aromatic heterocycles.